The second-order valence-corrected chi connectivity index (χ2v) is 6.27. The molecule has 1 unspecified atom stereocenters. The lowest BCUT2D eigenvalue weighted by atomic mass is 10.3. The van der Waals surface area contributed by atoms with E-state index in [2.05, 4.69) is 10.0 Å². The molecule has 1 aliphatic rings. The zero-order valence-electron chi connectivity index (χ0n) is 11.5. The minimum absolute atomic E-state index is 0.0247. The largest absolute Gasteiger partial charge is 0.464 e. The van der Waals surface area contributed by atoms with E-state index >= 15 is 0 Å². The van der Waals surface area contributed by atoms with Gasteiger partial charge >= 0.3 is 5.97 Å². The minimum atomic E-state index is -3.79. The van der Waals surface area contributed by atoms with Crippen LogP contribution in [-0.4, -0.2) is 32.9 Å². The highest BCUT2D eigenvalue weighted by molar-refractivity contribution is 7.89. The summed E-state index contributed by atoms with van der Waals surface area (Å²) in [6.45, 7) is 1.94. The molecule has 1 aromatic carbocycles. The van der Waals surface area contributed by atoms with Crippen LogP contribution in [0, 0.1) is 0 Å². The first-order valence-electron chi connectivity index (χ1n) is 6.51. The Balaban J connectivity index is 2.09. The minimum Gasteiger partial charge on any atom is -0.464 e. The second kappa shape index (κ2) is 6.23. The lowest BCUT2D eigenvalue weighted by molar-refractivity contribution is -0.139. The first-order valence-corrected chi connectivity index (χ1v) is 7.99. The van der Waals surface area contributed by atoms with Crippen LogP contribution in [0.15, 0.2) is 29.2 Å². The Kier molecular flexibility index (Phi) is 4.59. The lowest BCUT2D eigenvalue weighted by Crippen LogP contribution is -2.37. The molecule has 114 valence electrons. The van der Waals surface area contributed by atoms with Crippen molar-refractivity contribution in [3.63, 3.8) is 0 Å². The lowest BCUT2D eigenvalue weighted by Gasteiger charge is -2.10. The van der Waals surface area contributed by atoms with Gasteiger partial charge in [-0.1, -0.05) is 6.92 Å². The van der Waals surface area contributed by atoms with Gasteiger partial charge in [-0.3, -0.25) is 9.59 Å². The summed E-state index contributed by atoms with van der Waals surface area (Å²) in [7, 11) is -3.79. The number of nitrogens with one attached hydrogen (secondary N) is 2. The number of hydrogen-bond donors (Lipinski definition) is 2. The number of carbonyl (C=O) groups is 2. The monoisotopic (exact) mass is 312 g/mol. The molecule has 1 aromatic rings. The molecule has 2 N–H and O–H groups in total. The smallest absolute Gasteiger partial charge is 0.324 e. The van der Waals surface area contributed by atoms with E-state index in [1.165, 1.54) is 24.3 Å². The van der Waals surface area contributed by atoms with E-state index in [4.69, 9.17) is 4.74 Å². The summed E-state index contributed by atoms with van der Waals surface area (Å²) >= 11 is 0. The van der Waals surface area contributed by atoms with E-state index in [0.717, 1.165) is 0 Å². The maximum Gasteiger partial charge on any atom is 0.324 e. The van der Waals surface area contributed by atoms with E-state index in [0.29, 0.717) is 18.5 Å². The van der Waals surface area contributed by atoms with E-state index in [9.17, 15) is 18.0 Å². The van der Waals surface area contributed by atoms with Crippen LogP contribution in [0.3, 0.4) is 0 Å². The number of esters is 1. The Hall–Kier alpha value is -1.93. The summed E-state index contributed by atoms with van der Waals surface area (Å²) in [5, 5.41) is 2.62. The number of carbonyl (C=O) groups excluding carboxylic acids is 2. The highest BCUT2D eigenvalue weighted by atomic mass is 32.2. The first kappa shape index (κ1) is 15.5. The summed E-state index contributed by atoms with van der Waals surface area (Å²) in [6, 6.07) is 4.89. The Morgan fingerprint density at radius 1 is 1.33 bits per heavy atom. The van der Waals surface area contributed by atoms with Gasteiger partial charge < -0.3 is 10.1 Å². The standard InChI is InChI=1S/C13H16N2O5S/c1-2-12(16)14-9-3-5-10(6-4-9)21(18,19)15-11-7-8-20-13(11)17/h3-6,11,15H,2,7-8H2,1H3,(H,14,16). The van der Waals surface area contributed by atoms with Gasteiger partial charge in [0, 0.05) is 18.5 Å². The van der Waals surface area contributed by atoms with Gasteiger partial charge in [0.25, 0.3) is 0 Å². The molecule has 1 amide bonds. The quantitative estimate of drug-likeness (QED) is 0.776. The van der Waals surface area contributed by atoms with E-state index in [1.54, 1.807) is 6.92 Å². The van der Waals surface area contributed by atoms with Crippen LogP contribution in [0.1, 0.15) is 19.8 Å². The predicted octanol–water partition coefficient (Wildman–Crippen LogP) is 0.629. The fourth-order valence-corrected chi connectivity index (χ4v) is 3.04. The molecule has 1 saturated heterocycles. The van der Waals surface area contributed by atoms with Crippen molar-refractivity contribution in [1.82, 2.24) is 4.72 Å². The number of anilines is 1. The molecule has 0 spiro atoms. The number of rotatable bonds is 5. The van der Waals surface area contributed by atoms with Gasteiger partial charge in [0.05, 0.1) is 11.5 Å². The Morgan fingerprint density at radius 3 is 2.52 bits per heavy atom. The molecule has 0 aromatic heterocycles. The zero-order valence-corrected chi connectivity index (χ0v) is 12.3. The molecule has 1 heterocycles. The van der Waals surface area contributed by atoms with Crippen molar-refractivity contribution in [2.45, 2.75) is 30.7 Å². The number of ether oxygens (including phenoxy) is 1. The molecule has 0 radical (unpaired) electrons. The van der Waals surface area contributed by atoms with E-state index < -0.39 is 22.0 Å². The van der Waals surface area contributed by atoms with E-state index in [-0.39, 0.29) is 17.4 Å². The van der Waals surface area contributed by atoms with Crippen LogP contribution in [-0.2, 0) is 24.3 Å². The number of cyclic esters (lactones) is 1. The van der Waals surface area contributed by atoms with Crippen molar-refractivity contribution < 1.29 is 22.7 Å². The molecule has 0 aliphatic carbocycles. The van der Waals surface area contributed by atoms with E-state index in [1.807, 2.05) is 0 Å². The third-order valence-electron chi connectivity index (χ3n) is 3.00. The van der Waals surface area contributed by atoms with Gasteiger partial charge in [-0.25, -0.2) is 8.42 Å². The molecule has 21 heavy (non-hydrogen) atoms. The first-order chi connectivity index (χ1) is 9.92. The third-order valence-corrected chi connectivity index (χ3v) is 4.49. The average Bonchev–Trinajstić information content (AvgIpc) is 2.84. The SMILES string of the molecule is CCC(=O)Nc1ccc(S(=O)(=O)NC2CCOC2=O)cc1. The number of hydrogen-bond acceptors (Lipinski definition) is 5. The van der Waals surface area contributed by atoms with Crippen LogP contribution in [0.5, 0.6) is 0 Å². The Bertz CT molecular complexity index is 639. The maximum absolute atomic E-state index is 12.1. The predicted molar refractivity (Wildman–Crippen MR) is 75.0 cm³/mol. The van der Waals surface area contributed by atoms with Crippen molar-refractivity contribution in [3.8, 4) is 0 Å². The summed E-state index contributed by atoms with van der Waals surface area (Å²) in [6.07, 6.45) is 0.661. The summed E-state index contributed by atoms with van der Waals surface area (Å²) in [4.78, 5) is 22.6. The normalized spacial score (nSPS) is 18.3. The van der Waals surface area contributed by atoms with Crippen LogP contribution < -0.4 is 10.0 Å². The van der Waals surface area contributed by atoms with Gasteiger partial charge in [0.1, 0.15) is 6.04 Å². The second-order valence-electron chi connectivity index (χ2n) is 4.56. The van der Waals surface area contributed by atoms with Crippen molar-refractivity contribution >= 4 is 27.6 Å². The van der Waals surface area contributed by atoms with Crippen molar-refractivity contribution in [1.29, 1.82) is 0 Å². The third kappa shape index (κ3) is 3.79. The summed E-state index contributed by atoms with van der Waals surface area (Å²) in [5.74, 6) is -0.720. The van der Waals surface area contributed by atoms with Crippen LogP contribution in [0.2, 0.25) is 0 Å². The van der Waals surface area contributed by atoms with Crippen LogP contribution in [0.4, 0.5) is 5.69 Å². The van der Waals surface area contributed by atoms with Gasteiger partial charge in [0.15, 0.2) is 0 Å². The van der Waals surface area contributed by atoms with Crippen LogP contribution >= 0.6 is 0 Å². The average molecular weight is 312 g/mol. The van der Waals surface area contributed by atoms with Crippen molar-refractivity contribution in [2.75, 3.05) is 11.9 Å². The highest BCUT2D eigenvalue weighted by Crippen LogP contribution is 2.16. The summed E-state index contributed by atoms with van der Waals surface area (Å²) in [5.41, 5.74) is 0.515. The fourth-order valence-electron chi connectivity index (χ4n) is 1.82. The summed E-state index contributed by atoms with van der Waals surface area (Å²) < 4.78 is 31.2. The molecule has 1 aliphatic heterocycles. The topological polar surface area (TPSA) is 102 Å². The van der Waals surface area contributed by atoms with Crippen molar-refractivity contribution in [2.24, 2.45) is 0 Å². The highest BCUT2D eigenvalue weighted by Gasteiger charge is 2.31. The number of benzene rings is 1. The molecule has 2 rings (SSSR count). The molecule has 8 heteroatoms. The maximum atomic E-state index is 12.1. The molecule has 7 nitrogen and oxygen atoms in total. The fraction of sp³-hybridized carbons (Fsp3) is 0.385. The van der Waals surface area contributed by atoms with Gasteiger partial charge in [-0.05, 0) is 24.3 Å². The molecular weight excluding hydrogens is 296 g/mol. The number of amides is 1. The Labute approximate surface area is 122 Å². The van der Waals surface area contributed by atoms with Gasteiger partial charge in [0.2, 0.25) is 15.9 Å². The zero-order chi connectivity index (χ0) is 15.5. The molecule has 0 bridgehead atoms. The van der Waals surface area contributed by atoms with Gasteiger partial charge in [-0.15, -0.1) is 0 Å². The number of sulfonamides is 1. The molecule has 0 saturated carbocycles. The molecular formula is C13H16N2O5S. The van der Waals surface area contributed by atoms with Crippen LogP contribution in [0.25, 0.3) is 0 Å². The van der Waals surface area contributed by atoms with Gasteiger partial charge in [-0.2, -0.15) is 4.72 Å². The Morgan fingerprint density at radius 2 is 2.00 bits per heavy atom. The molecule has 1 fully saturated rings. The van der Waals surface area contributed by atoms with Crippen molar-refractivity contribution in [3.05, 3.63) is 24.3 Å². The molecule has 1 atom stereocenters.